The Morgan fingerprint density at radius 3 is 1.14 bits per heavy atom. The highest BCUT2D eigenvalue weighted by Crippen LogP contribution is 2.09. The quantitative estimate of drug-likeness (QED) is 0.137. The maximum atomic E-state index is 5.89. The minimum absolute atomic E-state index is 0.704. The van der Waals surface area contributed by atoms with Gasteiger partial charge in [0.15, 0.2) is 13.5 Å². The van der Waals surface area contributed by atoms with Crippen molar-refractivity contribution in [1.82, 2.24) is 0 Å². The topological polar surface area (TPSA) is 18.5 Å². The van der Waals surface area contributed by atoms with Gasteiger partial charge in [0, 0.05) is 0 Å². The maximum Gasteiger partial charge on any atom is 0.182 e. The largest absolute Gasteiger partial charge is 0.329 e. The fourth-order valence-electron chi connectivity index (χ4n) is 3.51. The SMILES string of the molecule is CCCCCCCC[N+](C)(C)COCCOC[N+](C)(C)CCCCCCCC. The van der Waals surface area contributed by atoms with Gasteiger partial charge in [-0.2, -0.15) is 0 Å². The summed E-state index contributed by atoms with van der Waals surface area (Å²) >= 11 is 0. The van der Waals surface area contributed by atoms with E-state index in [1.54, 1.807) is 0 Å². The highest BCUT2D eigenvalue weighted by atomic mass is 16.5. The fourth-order valence-corrected chi connectivity index (χ4v) is 3.51. The highest BCUT2D eigenvalue weighted by Gasteiger charge is 2.16. The third kappa shape index (κ3) is 19.2. The number of rotatable bonds is 21. The third-order valence-corrected chi connectivity index (χ3v) is 5.49. The molecule has 0 saturated carbocycles. The van der Waals surface area contributed by atoms with Gasteiger partial charge in [0.2, 0.25) is 0 Å². The summed E-state index contributed by atoms with van der Waals surface area (Å²) in [5.41, 5.74) is 0. The molecule has 0 atom stereocenters. The van der Waals surface area contributed by atoms with Crippen LogP contribution < -0.4 is 0 Å². The molecule has 0 saturated heterocycles. The first kappa shape index (κ1) is 27.8. The zero-order chi connectivity index (χ0) is 21.1. The van der Waals surface area contributed by atoms with Crippen molar-refractivity contribution in [3.05, 3.63) is 0 Å². The molecular weight excluding hydrogens is 348 g/mol. The summed E-state index contributed by atoms with van der Waals surface area (Å²) in [6.45, 7) is 9.94. The molecule has 170 valence electrons. The number of nitrogens with zero attached hydrogens (tertiary/aromatic N) is 2. The second-order valence-corrected chi connectivity index (χ2v) is 9.93. The molecule has 4 heteroatoms. The van der Waals surface area contributed by atoms with E-state index in [0.717, 1.165) is 22.4 Å². The average molecular weight is 403 g/mol. The van der Waals surface area contributed by atoms with Crippen molar-refractivity contribution >= 4 is 0 Å². The van der Waals surface area contributed by atoms with Crippen molar-refractivity contribution in [3.8, 4) is 0 Å². The van der Waals surface area contributed by atoms with Gasteiger partial charge in [0.1, 0.15) is 0 Å². The van der Waals surface area contributed by atoms with Crippen molar-refractivity contribution in [2.24, 2.45) is 0 Å². The summed E-state index contributed by atoms with van der Waals surface area (Å²) in [4.78, 5) is 0. The van der Waals surface area contributed by atoms with Crippen LogP contribution in [0.1, 0.15) is 90.9 Å². The van der Waals surface area contributed by atoms with Crippen LogP contribution in [0, 0.1) is 0 Å². The van der Waals surface area contributed by atoms with E-state index in [2.05, 4.69) is 42.0 Å². The van der Waals surface area contributed by atoms with E-state index in [1.165, 1.54) is 90.1 Å². The van der Waals surface area contributed by atoms with Gasteiger partial charge in [-0.1, -0.05) is 65.2 Å². The van der Waals surface area contributed by atoms with Crippen LogP contribution in [0.15, 0.2) is 0 Å². The van der Waals surface area contributed by atoms with Crippen LogP contribution in [-0.2, 0) is 9.47 Å². The lowest BCUT2D eigenvalue weighted by atomic mass is 10.1. The van der Waals surface area contributed by atoms with E-state index in [0.29, 0.717) is 13.2 Å². The van der Waals surface area contributed by atoms with Gasteiger partial charge in [-0.05, 0) is 25.7 Å². The first-order chi connectivity index (χ1) is 13.3. The third-order valence-electron chi connectivity index (χ3n) is 5.49. The summed E-state index contributed by atoms with van der Waals surface area (Å²) in [5.74, 6) is 0. The van der Waals surface area contributed by atoms with Gasteiger partial charge >= 0.3 is 0 Å². The molecule has 0 rings (SSSR count). The lowest BCUT2D eigenvalue weighted by molar-refractivity contribution is -0.912. The van der Waals surface area contributed by atoms with Crippen LogP contribution in [0.25, 0.3) is 0 Å². The molecule has 4 nitrogen and oxygen atoms in total. The molecule has 28 heavy (non-hydrogen) atoms. The van der Waals surface area contributed by atoms with Gasteiger partial charge in [-0.3, -0.25) is 0 Å². The average Bonchev–Trinajstić information content (AvgIpc) is 2.64. The van der Waals surface area contributed by atoms with E-state index in [9.17, 15) is 0 Å². The highest BCUT2D eigenvalue weighted by molar-refractivity contribution is 4.44. The minimum atomic E-state index is 0.704. The van der Waals surface area contributed by atoms with E-state index in [1.807, 2.05) is 0 Å². The van der Waals surface area contributed by atoms with Crippen LogP contribution in [0.2, 0.25) is 0 Å². The molecule has 0 radical (unpaired) electrons. The second kappa shape index (κ2) is 17.7. The Morgan fingerprint density at radius 1 is 0.464 bits per heavy atom. The summed E-state index contributed by atoms with van der Waals surface area (Å²) in [6.07, 6.45) is 16.3. The van der Waals surface area contributed by atoms with Crippen molar-refractivity contribution in [2.45, 2.75) is 90.9 Å². The van der Waals surface area contributed by atoms with Crippen molar-refractivity contribution in [2.75, 3.05) is 68.0 Å². The Kier molecular flexibility index (Phi) is 17.6. The number of hydrogen-bond acceptors (Lipinski definition) is 2. The Balaban J connectivity index is 3.58. The Morgan fingerprint density at radius 2 is 0.786 bits per heavy atom. The molecule has 0 fully saturated rings. The van der Waals surface area contributed by atoms with Gasteiger partial charge in [0.25, 0.3) is 0 Å². The van der Waals surface area contributed by atoms with E-state index >= 15 is 0 Å². The molecule has 0 aliphatic carbocycles. The zero-order valence-corrected chi connectivity index (χ0v) is 20.4. The second-order valence-electron chi connectivity index (χ2n) is 9.93. The van der Waals surface area contributed by atoms with Gasteiger partial charge in [0.05, 0.1) is 54.5 Å². The first-order valence-corrected chi connectivity index (χ1v) is 12.1. The van der Waals surface area contributed by atoms with Crippen molar-refractivity contribution < 1.29 is 18.4 Å². The molecule has 0 heterocycles. The van der Waals surface area contributed by atoms with Crippen LogP contribution in [-0.4, -0.2) is 76.9 Å². The molecular formula is C24H54N2O2+2. The number of unbranched alkanes of at least 4 members (excludes halogenated alkanes) is 10. The van der Waals surface area contributed by atoms with Gasteiger partial charge in [-0.15, -0.1) is 0 Å². The van der Waals surface area contributed by atoms with E-state index < -0.39 is 0 Å². The Bertz CT molecular complexity index is 301. The lowest BCUT2D eigenvalue weighted by Gasteiger charge is -2.30. The summed E-state index contributed by atoms with van der Waals surface area (Å²) in [6, 6.07) is 0. The Labute approximate surface area is 177 Å². The summed E-state index contributed by atoms with van der Waals surface area (Å²) in [7, 11) is 9.08. The maximum absolute atomic E-state index is 5.89. The van der Waals surface area contributed by atoms with Crippen LogP contribution in [0.4, 0.5) is 0 Å². The zero-order valence-electron chi connectivity index (χ0n) is 20.4. The molecule has 0 N–H and O–H groups in total. The molecule has 0 aliphatic rings. The predicted octanol–water partition coefficient (Wildman–Crippen LogP) is 5.81. The van der Waals surface area contributed by atoms with E-state index in [-0.39, 0.29) is 0 Å². The van der Waals surface area contributed by atoms with Crippen molar-refractivity contribution in [3.63, 3.8) is 0 Å². The lowest BCUT2D eigenvalue weighted by Crippen LogP contribution is -2.43. The van der Waals surface area contributed by atoms with Crippen LogP contribution in [0.5, 0.6) is 0 Å². The fraction of sp³-hybridized carbons (Fsp3) is 1.00. The van der Waals surface area contributed by atoms with Gasteiger partial charge < -0.3 is 18.4 Å². The number of quaternary nitrogens is 2. The normalized spacial score (nSPS) is 12.6. The molecule has 0 aliphatic heterocycles. The molecule has 0 amide bonds. The van der Waals surface area contributed by atoms with Crippen LogP contribution >= 0.6 is 0 Å². The molecule has 0 aromatic rings. The molecule has 0 aromatic carbocycles. The standard InChI is InChI=1S/C24H54N2O2/c1-7-9-11-13-15-17-19-25(3,4)23-27-21-22-28-24-26(5,6)20-18-16-14-12-10-8-2/h7-24H2,1-6H3/q+2. The molecule has 0 bridgehead atoms. The predicted molar refractivity (Wildman–Crippen MR) is 122 cm³/mol. The number of hydrogen-bond donors (Lipinski definition) is 0. The van der Waals surface area contributed by atoms with Gasteiger partial charge in [-0.25, -0.2) is 0 Å². The summed E-state index contributed by atoms with van der Waals surface area (Å²) < 4.78 is 13.7. The van der Waals surface area contributed by atoms with Crippen LogP contribution in [0.3, 0.4) is 0 Å². The van der Waals surface area contributed by atoms with E-state index in [4.69, 9.17) is 9.47 Å². The monoisotopic (exact) mass is 402 g/mol. The smallest absolute Gasteiger partial charge is 0.182 e. The number of ether oxygens (including phenoxy) is 2. The summed E-state index contributed by atoms with van der Waals surface area (Å²) in [5, 5.41) is 0. The minimum Gasteiger partial charge on any atom is -0.329 e. The Hall–Kier alpha value is -0.160. The molecule has 0 aromatic heterocycles. The first-order valence-electron chi connectivity index (χ1n) is 12.1. The molecule has 0 spiro atoms. The molecule has 0 unspecified atom stereocenters. The van der Waals surface area contributed by atoms with Crippen molar-refractivity contribution in [1.29, 1.82) is 0 Å².